The molecule has 4 aromatic heterocycles. The van der Waals surface area contributed by atoms with Crippen LogP contribution in [0.4, 0.5) is 40.5 Å². The molecule has 10 aliphatic rings. The first-order valence-corrected chi connectivity index (χ1v) is 43.8. The first-order chi connectivity index (χ1) is 59.5. The number of hydrogen-bond donors (Lipinski definition) is 4. The molecule has 19 rings (SSSR count). The summed E-state index contributed by atoms with van der Waals surface area (Å²) >= 11 is 0. The third kappa shape index (κ3) is 18.7. The minimum absolute atomic E-state index is 0.0109. The van der Waals surface area contributed by atoms with Crippen LogP contribution in [-0.2, 0) is 58.0 Å². The number of phenols is 3. The molecule has 7 fully saturated rings. The zero-order chi connectivity index (χ0) is 83.9. The Kier molecular flexibility index (Phi) is 25.3. The topological polar surface area (TPSA) is 281 Å². The summed E-state index contributed by atoms with van der Waals surface area (Å²) in [4.78, 5) is 97.9. The number of likely N-dealkylation sites (tertiary alicyclic amines) is 2. The summed E-state index contributed by atoms with van der Waals surface area (Å²) in [6.45, 7) is 33.4. The number of benzene rings is 5. The molecule has 0 spiro atoms. The van der Waals surface area contributed by atoms with Gasteiger partial charge >= 0.3 is 12.0 Å². The van der Waals surface area contributed by atoms with E-state index in [2.05, 4.69) is 100 Å². The third-order valence-electron chi connectivity index (χ3n) is 25.9. The number of hydrogen-bond acceptors (Lipinski definition) is 26. The number of carbonyl (C=O) groups excluding carboxylic acids is 3. The lowest BCUT2D eigenvalue weighted by atomic mass is 10.0. The van der Waals surface area contributed by atoms with Crippen LogP contribution in [-0.4, -0.2) is 286 Å². The fraction of sp³-hybridized carbons (Fsp3) is 0.462. The maximum Gasteiger partial charge on any atom is 0.318 e. The number of amides is 3. The van der Waals surface area contributed by atoms with Crippen molar-refractivity contribution in [1.29, 1.82) is 0 Å². The first-order valence-electron chi connectivity index (χ1n) is 43.8. The average molecular weight is 1660 g/mol. The van der Waals surface area contributed by atoms with Crippen molar-refractivity contribution in [3.8, 4) is 29.3 Å². The summed E-state index contributed by atoms with van der Waals surface area (Å²) in [5.74, 6) is 4.18. The maximum atomic E-state index is 12.3. The van der Waals surface area contributed by atoms with Crippen molar-refractivity contribution in [2.45, 2.75) is 115 Å². The number of nitrogens with one attached hydrogen (secondary N) is 1. The van der Waals surface area contributed by atoms with Crippen LogP contribution in [0.1, 0.15) is 85.6 Å². The number of phenolic OH excluding ortho intramolecular Hbond substituents is 3. The zero-order valence-electron chi connectivity index (χ0n) is 70.4. The molecule has 2 atom stereocenters. The van der Waals surface area contributed by atoms with Crippen LogP contribution in [0.15, 0.2) is 141 Å². The van der Waals surface area contributed by atoms with E-state index in [1.807, 2.05) is 81.4 Å². The molecule has 0 unspecified atom stereocenters. The van der Waals surface area contributed by atoms with E-state index in [9.17, 15) is 29.7 Å². The van der Waals surface area contributed by atoms with Gasteiger partial charge in [-0.05, 0) is 138 Å². The number of ether oxygens (including phenoxy) is 3. The van der Waals surface area contributed by atoms with E-state index in [1.54, 1.807) is 24.4 Å². The molecule has 0 bridgehead atoms. The molecular formula is C93H114N20O9. The van der Waals surface area contributed by atoms with Crippen LogP contribution in [0.3, 0.4) is 0 Å². The van der Waals surface area contributed by atoms with Gasteiger partial charge in [-0.25, -0.2) is 4.98 Å². The van der Waals surface area contributed by atoms with Crippen LogP contribution in [0, 0.1) is 0 Å². The quantitative estimate of drug-likeness (QED) is 0.0408. The van der Waals surface area contributed by atoms with Crippen molar-refractivity contribution < 1.29 is 43.9 Å². The molecule has 6 saturated heterocycles. The average Bonchev–Trinajstić information content (AvgIpc) is 1.05. The Morgan fingerprint density at radius 1 is 0.516 bits per heavy atom. The van der Waals surface area contributed by atoms with E-state index in [0.717, 1.165) is 231 Å². The van der Waals surface area contributed by atoms with E-state index in [1.165, 1.54) is 43.1 Å². The largest absolute Gasteiger partial charge is 0.508 e. The van der Waals surface area contributed by atoms with Gasteiger partial charge in [-0.3, -0.25) is 24.3 Å². The fourth-order valence-corrected chi connectivity index (χ4v) is 19.0. The second kappa shape index (κ2) is 37.4. The van der Waals surface area contributed by atoms with E-state index in [4.69, 9.17) is 44.1 Å². The molecule has 9 aromatic rings. The third-order valence-corrected chi connectivity index (χ3v) is 25.9. The molecule has 640 valence electrons. The highest BCUT2D eigenvalue weighted by Gasteiger charge is 2.38. The summed E-state index contributed by atoms with van der Waals surface area (Å²) in [5.41, 5.74) is 10.1. The first kappa shape index (κ1) is 82.6. The minimum Gasteiger partial charge on any atom is -0.508 e. The highest BCUT2D eigenvalue weighted by Crippen LogP contribution is 2.42. The van der Waals surface area contributed by atoms with Crippen LogP contribution >= 0.6 is 0 Å². The molecule has 5 aromatic carbocycles. The Morgan fingerprint density at radius 3 is 1.59 bits per heavy atom. The molecule has 13 heterocycles. The Morgan fingerprint density at radius 2 is 1.02 bits per heavy atom. The number of carbonyl (C=O) groups is 3. The number of anilines is 7. The lowest BCUT2D eigenvalue weighted by Gasteiger charge is -2.42. The standard InChI is InChI=1S/C32H39N7O2.C31H38N6O3.C30H37N7O4/c1-2-30(41)37-15-17-38(18-16-37)31-27-11-14-39(29-20-25(40)19-22-5-3-4-6-26(22)29)21-28(27)34-32(35-31)33-23-9-12-36(13-10-23)24-7-8-24;1-4-29(39)36-14-15-37(21(2)18-36)30-26-11-13-35(28-17-24(38)16-22-8-5-6-10-25(22)28)19-27(26)32-31(33-30)40-20-23-9-7-12-34(23)3;1-2-27(39)35-10-12-36(13-11-35)29-24-6-9-37(26-20-23(38)19-22-5-3-7-31-28(22)26)21-25(24)32-30(33-29)41-16-4-8-34-14-17-40-18-15-34/h2-6,19-20,23-24,40H,1,7-18,21H2,(H,33,34,35);4-6,8,10,16-17,21,23,38H,1,7,9,11-15,18-20H2,2-3H3;2-3,5,7,19-20,38H,1,4,6,8-18,21H2/t;21-,23+;/m.0./s1. The molecule has 1 aliphatic carbocycles. The van der Waals surface area contributed by atoms with Gasteiger partial charge in [0, 0.05) is 217 Å². The Bertz CT molecular complexity index is 5310. The Balaban J connectivity index is 0.000000130. The van der Waals surface area contributed by atoms with Gasteiger partial charge in [0.25, 0.3) is 0 Å². The van der Waals surface area contributed by atoms with Crippen molar-refractivity contribution in [3.05, 3.63) is 175 Å². The lowest BCUT2D eigenvalue weighted by Crippen LogP contribution is -2.54. The summed E-state index contributed by atoms with van der Waals surface area (Å²) in [6, 6.07) is 33.5. The second-order valence-corrected chi connectivity index (χ2v) is 33.7. The number of piperidine rings is 1. The molecule has 29 heteroatoms. The number of fused-ring (bicyclic) bond motifs is 6. The number of aromatic nitrogens is 7. The molecule has 9 aliphatic heterocycles. The summed E-state index contributed by atoms with van der Waals surface area (Å²) in [6.07, 6.45) is 16.4. The van der Waals surface area contributed by atoms with Gasteiger partial charge in [0.2, 0.25) is 23.7 Å². The lowest BCUT2D eigenvalue weighted by molar-refractivity contribution is -0.127. The van der Waals surface area contributed by atoms with Gasteiger partial charge in [-0.2, -0.15) is 24.9 Å². The summed E-state index contributed by atoms with van der Waals surface area (Å²) < 4.78 is 17.9. The number of rotatable bonds is 20. The highest BCUT2D eigenvalue weighted by atomic mass is 16.5. The van der Waals surface area contributed by atoms with Crippen molar-refractivity contribution in [2.24, 2.45) is 0 Å². The number of piperazine rings is 3. The molecule has 3 amide bonds. The Labute approximate surface area is 713 Å². The predicted molar refractivity (Wildman–Crippen MR) is 476 cm³/mol. The van der Waals surface area contributed by atoms with Gasteiger partial charge in [0.05, 0.1) is 67.7 Å². The van der Waals surface area contributed by atoms with Crippen LogP contribution in [0.5, 0.6) is 29.3 Å². The number of nitrogens with zero attached hydrogens (tertiary/aromatic N) is 19. The van der Waals surface area contributed by atoms with E-state index < -0.39 is 0 Å². The number of aromatic hydroxyl groups is 3. The number of pyridine rings is 1. The SMILES string of the molecule is C=CC(=O)N1CCN(c2nc(NC3CCN(C4CC4)CC3)nc3c2CCN(c2cc(O)cc4ccccc24)C3)CC1.C=CC(=O)N1CCN(c2nc(OCCCN3CCOCC3)nc3c2CCN(c2cc(O)cc4cccnc24)C3)CC1.C=CC(=O)N1CCN(c2nc(OC[C@H]3CCCN3C)nc3c2CCN(c2cc(O)cc4ccccc24)C3)[C@@H](C)C1. The Hall–Kier alpha value is -11.7. The maximum absolute atomic E-state index is 12.3. The van der Waals surface area contributed by atoms with Crippen LogP contribution < -0.4 is 44.2 Å². The fourth-order valence-electron chi connectivity index (χ4n) is 19.0. The van der Waals surface area contributed by atoms with Crippen molar-refractivity contribution >= 4 is 90.6 Å². The van der Waals surface area contributed by atoms with Gasteiger partial charge < -0.3 is 88.7 Å². The number of likely N-dealkylation sites (N-methyl/N-ethyl adjacent to an activating group) is 1. The highest BCUT2D eigenvalue weighted by molar-refractivity contribution is 5.97. The van der Waals surface area contributed by atoms with E-state index >= 15 is 0 Å². The molecule has 4 N–H and O–H groups in total. The van der Waals surface area contributed by atoms with Crippen molar-refractivity contribution in [2.75, 3.05) is 199 Å². The van der Waals surface area contributed by atoms with Gasteiger partial charge in [0.15, 0.2) is 0 Å². The van der Waals surface area contributed by atoms with E-state index in [-0.39, 0.29) is 41.0 Å². The van der Waals surface area contributed by atoms with E-state index in [0.29, 0.717) is 122 Å². The van der Waals surface area contributed by atoms with Crippen molar-refractivity contribution in [1.82, 2.24) is 64.3 Å². The monoisotopic (exact) mass is 1650 g/mol. The molecular weight excluding hydrogens is 1540 g/mol. The molecule has 122 heavy (non-hydrogen) atoms. The zero-order valence-corrected chi connectivity index (χ0v) is 70.4. The van der Waals surface area contributed by atoms with Crippen LogP contribution in [0.2, 0.25) is 0 Å². The second-order valence-electron chi connectivity index (χ2n) is 33.7. The van der Waals surface area contributed by atoms with Gasteiger partial charge in [0.1, 0.15) is 41.3 Å². The van der Waals surface area contributed by atoms with Gasteiger partial charge in [-0.15, -0.1) is 0 Å². The molecule has 1 saturated carbocycles. The number of morpholine rings is 1. The van der Waals surface area contributed by atoms with Gasteiger partial charge in [-0.1, -0.05) is 74.3 Å². The normalized spacial score (nSPS) is 19.9. The van der Waals surface area contributed by atoms with Crippen molar-refractivity contribution in [3.63, 3.8) is 0 Å². The van der Waals surface area contributed by atoms with Crippen LogP contribution in [0.25, 0.3) is 32.4 Å². The minimum atomic E-state index is -0.0405. The summed E-state index contributed by atoms with van der Waals surface area (Å²) in [5, 5.41) is 40.3. The predicted octanol–water partition coefficient (Wildman–Crippen LogP) is 9.59. The molecule has 0 radical (unpaired) electrons. The molecule has 29 nitrogen and oxygen atoms in total. The smallest absolute Gasteiger partial charge is 0.318 e. The summed E-state index contributed by atoms with van der Waals surface area (Å²) in [7, 11) is 2.14.